The average Bonchev–Trinajstić information content (AvgIpc) is 2.69. The molecule has 0 aromatic rings. The fourth-order valence-electron chi connectivity index (χ4n) is 1.94. The molecule has 2 atom stereocenters. The van der Waals surface area contributed by atoms with E-state index < -0.39 is 23.7 Å². The first-order valence-corrected chi connectivity index (χ1v) is 5.96. The molecule has 0 bridgehead atoms. The van der Waals surface area contributed by atoms with Gasteiger partial charge in [-0.25, -0.2) is 9.59 Å². The van der Waals surface area contributed by atoms with Crippen molar-refractivity contribution in [1.29, 1.82) is 0 Å². The van der Waals surface area contributed by atoms with Crippen LogP contribution in [0, 0.1) is 5.92 Å². The Morgan fingerprint density at radius 1 is 1.39 bits per heavy atom. The minimum atomic E-state index is -0.665. The van der Waals surface area contributed by atoms with E-state index in [0.29, 0.717) is 13.0 Å². The first kappa shape index (κ1) is 14.8. The highest BCUT2D eigenvalue weighted by Crippen LogP contribution is 2.25. The van der Waals surface area contributed by atoms with Crippen LogP contribution in [0.4, 0.5) is 4.79 Å². The molecule has 0 spiro atoms. The van der Waals surface area contributed by atoms with Crippen LogP contribution in [-0.4, -0.2) is 54.0 Å². The molecule has 1 heterocycles. The minimum absolute atomic E-state index is 0.0627. The van der Waals surface area contributed by atoms with Crippen LogP contribution in [0.2, 0.25) is 0 Å². The molecule has 1 amide bonds. The van der Waals surface area contributed by atoms with E-state index in [0.717, 1.165) is 0 Å². The Labute approximate surface area is 107 Å². The van der Waals surface area contributed by atoms with Crippen LogP contribution in [0.5, 0.6) is 0 Å². The molecular formula is C12H21NO5. The second-order valence-electron chi connectivity index (χ2n) is 5.46. The molecule has 1 aliphatic heterocycles. The Morgan fingerprint density at radius 2 is 2.00 bits per heavy atom. The number of aliphatic hydroxyl groups is 1. The van der Waals surface area contributed by atoms with Gasteiger partial charge in [-0.1, -0.05) is 0 Å². The van der Waals surface area contributed by atoms with Crippen LogP contribution < -0.4 is 0 Å². The quantitative estimate of drug-likeness (QED) is 0.741. The number of carbonyl (C=O) groups is 2. The van der Waals surface area contributed by atoms with Gasteiger partial charge in [0.25, 0.3) is 0 Å². The monoisotopic (exact) mass is 259 g/mol. The van der Waals surface area contributed by atoms with Gasteiger partial charge in [0.05, 0.1) is 7.11 Å². The Bertz CT molecular complexity index is 323. The van der Waals surface area contributed by atoms with E-state index in [1.807, 2.05) is 0 Å². The van der Waals surface area contributed by atoms with Gasteiger partial charge in [0, 0.05) is 19.1 Å². The molecule has 6 nitrogen and oxygen atoms in total. The Hall–Kier alpha value is -1.30. The summed E-state index contributed by atoms with van der Waals surface area (Å²) in [4.78, 5) is 24.9. The van der Waals surface area contributed by atoms with Gasteiger partial charge in [-0.2, -0.15) is 0 Å². The maximum atomic E-state index is 12.0. The lowest BCUT2D eigenvalue weighted by atomic mass is 10.1. The zero-order valence-corrected chi connectivity index (χ0v) is 11.3. The molecule has 1 aliphatic rings. The summed E-state index contributed by atoms with van der Waals surface area (Å²) in [7, 11) is 1.28. The summed E-state index contributed by atoms with van der Waals surface area (Å²) in [6.07, 6.45) is -0.142. The van der Waals surface area contributed by atoms with E-state index in [9.17, 15) is 9.59 Å². The van der Waals surface area contributed by atoms with Gasteiger partial charge in [0.1, 0.15) is 11.6 Å². The molecule has 104 valence electrons. The van der Waals surface area contributed by atoms with Crippen molar-refractivity contribution in [3.05, 3.63) is 0 Å². The predicted molar refractivity (Wildman–Crippen MR) is 63.9 cm³/mol. The normalized spacial score (nSPS) is 23.9. The Kier molecular flexibility index (Phi) is 4.56. The number of carbonyl (C=O) groups excluding carboxylic acids is 2. The molecule has 1 N–H and O–H groups in total. The number of nitrogens with zero attached hydrogens (tertiary/aromatic N) is 1. The summed E-state index contributed by atoms with van der Waals surface area (Å²) in [5, 5.41) is 9.14. The molecule has 1 saturated heterocycles. The van der Waals surface area contributed by atoms with Crippen molar-refractivity contribution in [1.82, 2.24) is 4.90 Å². The highest BCUT2D eigenvalue weighted by Gasteiger charge is 2.41. The van der Waals surface area contributed by atoms with Crippen molar-refractivity contribution in [2.45, 2.75) is 38.8 Å². The average molecular weight is 259 g/mol. The van der Waals surface area contributed by atoms with Gasteiger partial charge in [-0.05, 0) is 27.2 Å². The first-order valence-electron chi connectivity index (χ1n) is 5.96. The van der Waals surface area contributed by atoms with Crippen molar-refractivity contribution in [2.75, 3.05) is 20.3 Å². The molecule has 1 unspecified atom stereocenters. The van der Waals surface area contributed by atoms with Gasteiger partial charge in [0.2, 0.25) is 0 Å². The Balaban J connectivity index is 2.77. The number of amides is 1. The van der Waals surface area contributed by atoms with E-state index in [1.165, 1.54) is 12.0 Å². The maximum Gasteiger partial charge on any atom is 0.411 e. The van der Waals surface area contributed by atoms with Crippen molar-refractivity contribution >= 4 is 12.1 Å². The fraction of sp³-hybridized carbons (Fsp3) is 0.833. The summed E-state index contributed by atoms with van der Waals surface area (Å²) in [6.45, 7) is 5.53. The molecule has 0 aliphatic carbocycles. The number of aliphatic hydroxyl groups excluding tert-OH is 1. The SMILES string of the molecule is COC(=O)C1C[C@H](CO)CN1C(=O)OC(C)(C)C. The van der Waals surface area contributed by atoms with Crippen LogP contribution >= 0.6 is 0 Å². The lowest BCUT2D eigenvalue weighted by Gasteiger charge is -2.27. The number of esters is 1. The number of rotatable bonds is 2. The Morgan fingerprint density at radius 3 is 2.44 bits per heavy atom. The van der Waals surface area contributed by atoms with Crippen molar-refractivity contribution in [3.63, 3.8) is 0 Å². The van der Waals surface area contributed by atoms with E-state index in [2.05, 4.69) is 4.74 Å². The second-order valence-corrected chi connectivity index (χ2v) is 5.46. The highest BCUT2D eigenvalue weighted by molar-refractivity contribution is 5.82. The molecule has 0 radical (unpaired) electrons. The van der Waals surface area contributed by atoms with Crippen molar-refractivity contribution < 1.29 is 24.2 Å². The lowest BCUT2D eigenvalue weighted by Crippen LogP contribution is -2.43. The van der Waals surface area contributed by atoms with E-state index >= 15 is 0 Å². The zero-order valence-electron chi connectivity index (χ0n) is 11.3. The summed E-state index contributed by atoms with van der Waals surface area (Å²) in [5.74, 6) is -0.585. The van der Waals surface area contributed by atoms with Gasteiger partial charge in [0.15, 0.2) is 0 Å². The fourth-order valence-corrected chi connectivity index (χ4v) is 1.94. The van der Waals surface area contributed by atoms with Crippen LogP contribution in [0.25, 0.3) is 0 Å². The maximum absolute atomic E-state index is 12.0. The third-order valence-corrected chi connectivity index (χ3v) is 2.75. The van der Waals surface area contributed by atoms with Crippen LogP contribution in [0.1, 0.15) is 27.2 Å². The van der Waals surface area contributed by atoms with E-state index in [1.54, 1.807) is 20.8 Å². The molecule has 0 saturated carbocycles. The highest BCUT2D eigenvalue weighted by atomic mass is 16.6. The van der Waals surface area contributed by atoms with Crippen LogP contribution in [-0.2, 0) is 14.3 Å². The summed E-state index contributed by atoms with van der Waals surface area (Å²) >= 11 is 0. The third kappa shape index (κ3) is 3.60. The third-order valence-electron chi connectivity index (χ3n) is 2.75. The number of hydrogen-bond donors (Lipinski definition) is 1. The molecule has 1 rings (SSSR count). The standard InChI is InChI=1S/C12H21NO5/c1-12(2,3)18-11(16)13-6-8(7-14)5-9(13)10(15)17-4/h8-9,14H,5-7H2,1-4H3/t8-,9?/m0/s1. The molecule has 18 heavy (non-hydrogen) atoms. The van der Waals surface area contributed by atoms with Crippen molar-refractivity contribution in [2.24, 2.45) is 5.92 Å². The van der Waals surface area contributed by atoms with Gasteiger partial charge in [-0.3, -0.25) is 4.90 Å². The van der Waals surface area contributed by atoms with Gasteiger partial charge >= 0.3 is 12.1 Å². The predicted octanol–water partition coefficient (Wildman–Crippen LogP) is 0.777. The molecule has 1 fully saturated rings. The van der Waals surface area contributed by atoms with Crippen molar-refractivity contribution in [3.8, 4) is 0 Å². The molecule has 6 heteroatoms. The lowest BCUT2D eigenvalue weighted by molar-refractivity contribution is -0.145. The molecule has 0 aromatic heterocycles. The number of likely N-dealkylation sites (tertiary alicyclic amines) is 1. The molecule has 0 aromatic carbocycles. The largest absolute Gasteiger partial charge is 0.467 e. The first-order chi connectivity index (χ1) is 8.28. The topological polar surface area (TPSA) is 76.1 Å². The number of hydrogen-bond acceptors (Lipinski definition) is 5. The summed E-state index contributed by atoms with van der Waals surface area (Å²) < 4.78 is 9.90. The summed E-state index contributed by atoms with van der Waals surface area (Å²) in [6, 6.07) is -0.665. The van der Waals surface area contributed by atoms with Crippen LogP contribution in [0.15, 0.2) is 0 Å². The van der Waals surface area contributed by atoms with Gasteiger partial charge < -0.3 is 14.6 Å². The molecular weight excluding hydrogens is 238 g/mol. The summed E-state index contributed by atoms with van der Waals surface area (Å²) in [5.41, 5.74) is -0.616. The van der Waals surface area contributed by atoms with Crippen LogP contribution in [0.3, 0.4) is 0 Å². The second kappa shape index (κ2) is 5.56. The van der Waals surface area contributed by atoms with E-state index in [4.69, 9.17) is 9.84 Å². The van der Waals surface area contributed by atoms with E-state index in [-0.39, 0.29) is 12.5 Å². The number of ether oxygens (including phenoxy) is 2. The zero-order chi connectivity index (χ0) is 13.9. The minimum Gasteiger partial charge on any atom is -0.467 e. The number of methoxy groups -OCH3 is 1. The van der Waals surface area contributed by atoms with Gasteiger partial charge in [-0.15, -0.1) is 0 Å². The smallest absolute Gasteiger partial charge is 0.411 e.